The minimum absolute atomic E-state index is 0.339. The molecule has 1 aromatic heterocycles. The van der Waals surface area contributed by atoms with Crippen LogP contribution in [0.25, 0.3) is 10.4 Å². The van der Waals surface area contributed by atoms with Crippen LogP contribution in [-0.4, -0.2) is 60.1 Å². The predicted octanol–water partition coefficient (Wildman–Crippen LogP) is 3.76. The molecule has 1 aliphatic carbocycles. The van der Waals surface area contributed by atoms with Crippen molar-refractivity contribution in [3.05, 3.63) is 52.2 Å². The van der Waals surface area contributed by atoms with Crippen LogP contribution in [0.5, 0.6) is 0 Å². The van der Waals surface area contributed by atoms with E-state index in [0.717, 1.165) is 32.7 Å². The third-order valence-electron chi connectivity index (χ3n) is 5.72. The summed E-state index contributed by atoms with van der Waals surface area (Å²) < 4.78 is 0. The third-order valence-corrected chi connectivity index (χ3v) is 5.72. The van der Waals surface area contributed by atoms with E-state index in [1.54, 1.807) is 0 Å². The average molecular weight is 355 g/mol. The Morgan fingerprint density at radius 2 is 2.04 bits per heavy atom. The van der Waals surface area contributed by atoms with Gasteiger partial charge >= 0.3 is 0 Å². The van der Waals surface area contributed by atoms with Crippen LogP contribution in [0.2, 0.25) is 0 Å². The number of rotatable bonds is 6. The standard InChI is InChI=1S/C20H30N6/c1-16-11-20(14-22-12-16)19-5-3-18(4-6-19)15-25-7-9-26(10-8-25)17(2)13-23-24-21/h3,5,11-12,14,17-19H,4,6-10,13,15H2,1-2H3. The maximum atomic E-state index is 8.46. The van der Waals surface area contributed by atoms with Crippen molar-refractivity contribution in [3.63, 3.8) is 0 Å². The molecular formula is C20H30N6. The second-order valence-electron chi connectivity index (χ2n) is 7.72. The van der Waals surface area contributed by atoms with Crippen LogP contribution in [-0.2, 0) is 0 Å². The summed E-state index contributed by atoms with van der Waals surface area (Å²) >= 11 is 0. The molecule has 6 heteroatoms. The molecular weight excluding hydrogens is 324 g/mol. The van der Waals surface area contributed by atoms with E-state index in [2.05, 4.69) is 56.9 Å². The molecule has 2 aliphatic rings. The lowest BCUT2D eigenvalue weighted by atomic mass is 9.84. The van der Waals surface area contributed by atoms with Crippen LogP contribution in [0.15, 0.2) is 35.7 Å². The number of aromatic nitrogens is 1. The van der Waals surface area contributed by atoms with Gasteiger partial charge in [-0.2, -0.15) is 0 Å². The van der Waals surface area contributed by atoms with Crippen LogP contribution in [0, 0.1) is 12.8 Å². The number of azide groups is 1. The van der Waals surface area contributed by atoms with E-state index in [9.17, 15) is 0 Å². The van der Waals surface area contributed by atoms with E-state index in [1.807, 2.05) is 12.4 Å². The molecule has 0 bridgehead atoms. The minimum Gasteiger partial charge on any atom is -0.300 e. The molecule has 140 valence electrons. The van der Waals surface area contributed by atoms with E-state index in [0.29, 0.717) is 24.4 Å². The lowest BCUT2D eigenvalue weighted by Gasteiger charge is -2.39. The van der Waals surface area contributed by atoms with Crippen molar-refractivity contribution < 1.29 is 0 Å². The summed E-state index contributed by atoms with van der Waals surface area (Å²) in [6, 6.07) is 2.60. The number of hydrogen-bond acceptors (Lipinski definition) is 4. The second-order valence-corrected chi connectivity index (χ2v) is 7.72. The zero-order valence-corrected chi connectivity index (χ0v) is 16.0. The molecule has 0 saturated carbocycles. The first-order valence-electron chi connectivity index (χ1n) is 9.73. The number of hydrogen-bond donors (Lipinski definition) is 0. The monoisotopic (exact) mass is 354 g/mol. The lowest BCUT2D eigenvalue weighted by molar-refractivity contribution is 0.0965. The number of piperazine rings is 1. The molecule has 3 atom stereocenters. The maximum absolute atomic E-state index is 8.46. The Morgan fingerprint density at radius 3 is 2.69 bits per heavy atom. The summed E-state index contributed by atoms with van der Waals surface area (Å²) in [7, 11) is 0. The smallest absolute Gasteiger partial charge is 0.0411 e. The van der Waals surface area contributed by atoms with Gasteiger partial charge in [-0.1, -0.05) is 23.3 Å². The zero-order chi connectivity index (χ0) is 18.4. The Morgan fingerprint density at radius 1 is 1.23 bits per heavy atom. The largest absolute Gasteiger partial charge is 0.300 e. The highest BCUT2D eigenvalue weighted by molar-refractivity contribution is 5.25. The van der Waals surface area contributed by atoms with Gasteiger partial charge in [-0.05, 0) is 49.3 Å². The molecule has 3 unspecified atom stereocenters. The fourth-order valence-electron chi connectivity index (χ4n) is 4.08. The molecule has 1 aliphatic heterocycles. The summed E-state index contributed by atoms with van der Waals surface area (Å²) in [5, 5.41) is 3.71. The molecule has 6 nitrogen and oxygen atoms in total. The fourth-order valence-corrected chi connectivity index (χ4v) is 4.08. The number of aryl methyl sites for hydroxylation is 1. The highest BCUT2D eigenvalue weighted by Crippen LogP contribution is 2.30. The molecule has 1 aromatic rings. The molecule has 2 heterocycles. The summed E-state index contributed by atoms with van der Waals surface area (Å²) in [4.78, 5) is 12.2. The van der Waals surface area contributed by atoms with Crippen molar-refractivity contribution in [3.8, 4) is 0 Å². The molecule has 0 amide bonds. The Kier molecular flexibility index (Phi) is 6.67. The van der Waals surface area contributed by atoms with Crippen LogP contribution >= 0.6 is 0 Å². The highest BCUT2D eigenvalue weighted by atomic mass is 15.3. The van der Waals surface area contributed by atoms with E-state index in [4.69, 9.17) is 5.53 Å². The van der Waals surface area contributed by atoms with Gasteiger partial charge in [-0.3, -0.25) is 9.88 Å². The van der Waals surface area contributed by atoms with E-state index < -0.39 is 0 Å². The predicted molar refractivity (Wildman–Crippen MR) is 105 cm³/mol. The summed E-state index contributed by atoms with van der Waals surface area (Å²) in [6.45, 7) is 10.3. The Bertz CT molecular complexity index is 658. The minimum atomic E-state index is 0.339. The topological polar surface area (TPSA) is 68.1 Å². The van der Waals surface area contributed by atoms with Gasteiger partial charge in [0.1, 0.15) is 0 Å². The molecule has 1 saturated heterocycles. The van der Waals surface area contributed by atoms with E-state index in [1.165, 1.54) is 24.0 Å². The highest BCUT2D eigenvalue weighted by Gasteiger charge is 2.24. The van der Waals surface area contributed by atoms with Crippen LogP contribution in [0.3, 0.4) is 0 Å². The molecule has 26 heavy (non-hydrogen) atoms. The molecule has 0 N–H and O–H groups in total. The summed E-state index contributed by atoms with van der Waals surface area (Å²) in [6.07, 6.45) is 11.2. The van der Waals surface area contributed by atoms with Gasteiger partial charge in [0.2, 0.25) is 0 Å². The van der Waals surface area contributed by atoms with Gasteiger partial charge in [0.15, 0.2) is 0 Å². The fraction of sp³-hybridized carbons (Fsp3) is 0.650. The second kappa shape index (κ2) is 9.17. The van der Waals surface area contributed by atoms with Crippen molar-refractivity contribution >= 4 is 0 Å². The Balaban J connectivity index is 1.45. The van der Waals surface area contributed by atoms with Gasteiger partial charge in [-0.25, -0.2) is 0 Å². The molecule has 3 rings (SSSR count). The summed E-state index contributed by atoms with van der Waals surface area (Å²) in [5.41, 5.74) is 11.1. The molecule has 0 aromatic carbocycles. The van der Waals surface area contributed by atoms with Crippen molar-refractivity contribution in [1.29, 1.82) is 0 Å². The van der Waals surface area contributed by atoms with Gasteiger partial charge < -0.3 is 4.90 Å². The SMILES string of the molecule is Cc1cncc(C2C=CC(CN3CCN(C(C)CN=[N+]=[N-])CC3)CC2)c1. The van der Waals surface area contributed by atoms with E-state index >= 15 is 0 Å². The normalized spacial score (nSPS) is 25.6. The third kappa shape index (κ3) is 5.07. The maximum Gasteiger partial charge on any atom is 0.0411 e. The van der Waals surface area contributed by atoms with Gasteiger partial charge in [-0.15, -0.1) is 0 Å². The molecule has 1 fully saturated rings. The molecule has 0 spiro atoms. The van der Waals surface area contributed by atoms with Crippen molar-refractivity contribution in [1.82, 2.24) is 14.8 Å². The number of pyridine rings is 1. The van der Waals surface area contributed by atoms with E-state index in [-0.39, 0.29) is 0 Å². The van der Waals surface area contributed by atoms with Crippen molar-refractivity contribution in [2.24, 2.45) is 11.0 Å². The Labute approximate surface area is 156 Å². The first-order valence-corrected chi connectivity index (χ1v) is 9.73. The van der Waals surface area contributed by atoms with Crippen molar-refractivity contribution in [2.45, 2.75) is 38.6 Å². The Hall–Kier alpha value is -1.88. The first-order chi connectivity index (χ1) is 12.7. The lowest BCUT2D eigenvalue weighted by Crippen LogP contribution is -2.51. The quantitative estimate of drug-likeness (QED) is 0.338. The van der Waals surface area contributed by atoms with Crippen LogP contribution in [0.1, 0.15) is 36.8 Å². The number of allylic oxidation sites excluding steroid dienone is 1. The zero-order valence-electron chi connectivity index (χ0n) is 16.0. The average Bonchev–Trinajstić information content (AvgIpc) is 2.67. The van der Waals surface area contributed by atoms with Gasteiger partial charge in [0, 0.05) is 68.5 Å². The van der Waals surface area contributed by atoms with Gasteiger partial charge in [0.05, 0.1) is 0 Å². The first kappa shape index (κ1) is 18.9. The summed E-state index contributed by atoms with van der Waals surface area (Å²) in [5.74, 6) is 1.19. The van der Waals surface area contributed by atoms with Crippen LogP contribution < -0.4 is 0 Å². The van der Waals surface area contributed by atoms with Crippen molar-refractivity contribution in [2.75, 3.05) is 39.3 Å². The molecule has 0 radical (unpaired) electrons. The van der Waals surface area contributed by atoms with Crippen LogP contribution in [0.4, 0.5) is 0 Å². The number of nitrogens with zero attached hydrogens (tertiary/aromatic N) is 6. The van der Waals surface area contributed by atoms with Gasteiger partial charge in [0.25, 0.3) is 0 Å².